The zero-order valence-electron chi connectivity index (χ0n) is 7.26. The Kier molecular flexibility index (Phi) is 2.58. The van der Waals surface area contributed by atoms with E-state index in [0.717, 1.165) is 17.9 Å². The molecule has 0 aromatic rings. The van der Waals surface area contributed by atoms with Crippen LogP contribution in [0.3, 0.4) is 0 Å². The smallest absolute Gasteiger partial charge is 0.0996 e. The van der Waals surface area contributed by atoms with Crippen molar-refractivity contribution in [3.05, 3.63) is 23.7 Å². The molecule has 0 aromatic heterocycles. The fourth-order valence-electron chi connectivity index (χ4n) is 1.20. The lowest BCUT2D eigenvalue weighted by atomic mass is 10.0. The van der Waals surface area contributed by atoms with Crippen molar-refractivity contribution in [3.8, 4) is 0 Å². The molecule has 0 unspecified atom stereocenters. The molecule has 0 amide bonds. The summed E-state index contributed by atoms with van der Waals surface area (Å²) < 4.78 is 10.3. The third-order valence-electron chi connectivity index (χ3n) is 1.77. The Balaban J connectivity index is 2.64. The van der Waals surface area contributed by atoms with Crippen LogP contribution in [-0.2, 0) is 9.47 Å². The van der Waals surface area contributed by atoms with E-state index in [1.807, 2.05) is 0 Å². The van der Waals surface area contributed by atoms with Gasteiger partial charge < -0.3 is 9.47 Å². The minimum absolute atomic E-state index is 0.425. The van der Waals surface area contributed by atoms with Crippen molar-refractivity contribution in [2.45, 2.75) is 13.3 Å². The van der Waals surface area contributed by atoms with Crippen molar-refractivity contribution in [1.82, 2.24) is 0 Å². The summed E-state index contributed by atoms with van der Waals surface area (Å²) in [6, 6.07) is 0. The van der Waals surface area contributed by atoms with Crippen LogP contribution in [0.5, 0.6) is 0 Å². The minimum Gasteiger partial charge on any atom is -0.501 e. The van der Waals surface area contributed by atoms with Crippen LogP contribution in [0.2, 0.25) is 0 Å². The van der Waals surface area contributed by atoms with E-state index in [-0.39, 0.29) is 0 Å². The Morgan fingerprint density at radius 3 is 2.00 bits per heavy atom. The molecule has 0 atom stereocenters. The molecule has 11 heavy (non-hydrogen) atoms. The molecule has 0 radical (unpaired) electrons. The molecule has 0 aliphatic heterocycles. The van der Waals surface area contributed by atoms with Crippen LogP contribution in [0.25, 0.3) is 0 Å². The van der Waals surface area contributed by atoms with Gasteiger partial charge in [-0.1, -0.05) is 6.92 Å². The largest absolute Gasteiger partial charge is 0.501 e. The first-order chi connectivity index (χ1) is 5.26. The van der Waals surface area contributed by atoms with E-state index in [1.54, 1.807) is 14.2 Å². The Morgan fingerprint density at radius 1 is 1.18 bits per heavy atom. The highest BCUT2D eigenvalue weighted by Crippen LogP contribution is 2.22. The molecule has 0 saturated heterocycles. The monoisotopic (exact) mass is 154 g/mol. The standard InChI is InChI=1S/C9H14O2/c1-7-4-8(10-2)6-9(5-7)11-3/h4-5,7H,6H2,1-3H3. The SMILES string of the molecule is COC1=CC(C)C=C(OC)C1. The van der Waals surface area contributed by atoms with E-state index in [2.05, 4.69) is 19.1 Å². The van der Waals surface area contributed by atoms with Gasteiger partial charge >= 0.3 is 0 Å². The Morgan fingerprint density at radius 2 is 1.64 bits per heavy atom. The second kappa shape index (κ2) is 3.46. The lowest BCUT2D eigenvalue weighted by molar-refractivity contribution is 0.229. The maximum absolute atomic E-state index is 5.13. The molecule has 0 N–H and O–H groups in total. The predicted octanol–water partition coefficient (Wildman–Crippen LogP) is 2.09. The van der Waals surface area contributed by atoms with Gasteiger partial charge in [0.1, 0.15) is 0 Å². The van der Waals surface area contributed by atoms with E-state index in [1.165, 1.54) is 0 Å². The molecule has 1 aliphatic carbocycles. The average Bonchev–Trinajstić information content (AvgIpc) is 2.03. The number of allylic oxidation sites excluding steroid dienone is 2. The van der Waals surface area contributed by atoms with E-state index in [0.29, 0.717) is 5.92 Å². The molecule has 62 valence electrons. The molecule has 0 spiro atoms. The van der Waals surface area contributed by atoms with Gasteiger partial charge in [-0.25, -0.2) is 0 Å². The lowest BCUT2D eigenvalue weighted by Gasteiger charge is -2.16. The number of ether oxygens (including phenoxy) is 2. The maximum Gasteiger partial charge on any atom is 0.0996 e. The van der Waals surface area contributed by atoms with Crippen LogP contribution in [0.4, 0.5) is 0 Å². The third kappa shape index (κ3) is 2.00. The van der Waals surface area contributed by atoms with Gasteiger partial charge in [0.25, 0.3) is 0 Å². The summed E-state index contributed by atoms with van der Waals surface area (Å²) >= 11 is 0. The molecule has 0 aromatic carbocycles. The van der Waals surface area contributed by atoms with Crippen LogP contribution in [0.15, 0.2) is 23.7 Å². The first-order valence-corrected chi connectivity index (χ1v) is 3.75. The van der Waals surface area contributed by atoms with E-state index in [9.17, 15) is 0 Å². The highest BCUT2D eigenvalue weighted by molar-refractivity contribution is 5.17. The minimum atomic E-state index is 0.425. The van der Waals surface area contributed by atoms with E-state index < -0.39 is 0 Å². The summed E-state index contributed by atoms with van der Waals surface area (Å²) in [5.74, 6) is 2.42. The van der Waals surface area contributed by atoms with Crippen molar-refractivity contribution < 1.29 is 9.47 Å². The van der Waals surface area contributed by atoms with Crippen LogP contribution >= 0.6 is 0 Å². The summed E-state index contributed by atoms with van der Waals surface area (Å²) in [4.78, 5) is 0. The van der Waals surface area contributed by atoms with Gasteiger partial charge in [0.05, 0.1) is 32.2 Å². The molecular weight excluding hydrogens is 140 g/mol. The van der Waals surface area contributed by atoms with E-state index >= 15 is 0 Å². The highest BCUT2D eigenvalue weighted by Gasteiger charge is 2.11. The third-order valence-corrected chi connectivity index (χ3v) is 1.77. The number of hydrogen-bond acceptors (Lipinski definition) is 2. The van der Waals surface area contributed by atoms with Gasteiger partial charge in [-0.15, -0.1) is 0 Å². The van der Waals surface area contributed by atoms with Gasteiger partial charge in [0.2, 0.25) is 0 Å². The van der Waals surface area contributed by atoms with Crippen molar-refractivity contribution >= 4 is 0 Å². The van der Waals surface area contributed by atoms with Crippen molar-refractivity contribution in [3.63, 3.8) is 0 Å². The fraction of sp³-hybridized carbons (Fsp3) is 0.556. The molecule has 0 bridgehead atoms. The molecule has 0 heterocycles. The predicted molar refractivity (Wildman–Crippen MR) is 44.0 cm³/mol. The zero-order chi connectivity index (χ0) is 8.27. The van der Waals surface area contributed by atoms with Crippen LogP contribution in [-0.4, -0.2) is 14.2 Å². The van der Waals surface area contributed by atoms with Crippen LogP contribution in [0, 0.1) is 5.92 Å². The first-order valence-electron chi connectivity index (χ1n) is 3.75. The summed E-state index contributed by atoms with van der Waals surface area (Å²) in [6.45, 7) is 2.11. The van der Waals surface area contributed by atoms with Gasteiger partial charge in [-0.3, -0.25) is 0 Å². The van der Waals surface area contributed by atoms with Crippen molar-refractivity contribution in [2.24, 2.45) is 5.92 Å². The molecule has 1 rings (SSSR count). The second-order valence-corrected chi connectivity index (χ2v) is 2.71. The van der Waals surface area contributed by atoms with Crippen molar-refractivity contribution in [1.29, 1.82) is 0 Å². The molecule has 0 saturated carbocycles. The normalized spacial score (nSPS) is 18.8. The van der Waals surface area contributed by atoms with Crippen LogP contribution < -0.4 is 0 Å². The summed E-state index contributed by atoms with van der Waals surface area (Å²) in [7, 11) is 3.38. The Bertz CT molecular complexity index is 172. The molecule has 2 heteroatoms. The summed E-state index contributed by atoms with van der Waals surface area (Å²) in [5.41, 5.74) is 0. The summed E-state index contributed by atoms with van der Waals surface area (Å²) in [5, 5.41) is 0. The van der Waals surface area contributed by atoms with E-state index in [4.69, 9.17) is 9.47 Å². The number of hydrogen-bond donors (Lipinski definition) is 0. The van der Waals surface area contributed by atoms with Gasteiger partial charge in [0.15, 0.2) is 0 Å². The highest BCUT2D eigenvalue weighted by atomic mass is 16.5. The van der Waals surface area contributed by atoms with Gasteiger partial charge in [-0.05, 0) is 18.1 Å². The zero-order valence-corrected chi connectivity index (χ0v) is 7.26. The lowest BCUT2D eigenvalue weighted by Crippen LogP contribution is -2.03. The molecule has 0 fully saturated rings. The number of methoxy groups -OCH3 is 2. The first kappa shape index (κ1) is 8.18. The van der Waals surface area contributed by atoms with Crippen LogP contribution in [0.1, 0.15) is 13.3 Å². The Labute approximate surface area is 67.5 Å². The molecule has 2 nitrogen and oxygen atoms in total. The maximum atomic E-state index is 5.13. The van der Waals surface area contributed by atoms with Gasteiger partial charge in [0, 0.05) is 0 Å². The quantitative estimate of drug-likeness (QED) is 0.606. The van der Waals surface area contributed by atoms with Crippen molar-refractivity contribution in [2.75, 3.05) is 14.2 Å². The summed E-state index contributed by atoms with van der Waals surface area (Å²) in [6.07, 6.45) is 4.99. The average molecular weight is 154 g/mol. The molecule has 1 aliphatic rings. The topological polar surface area (TPSA) is 18.5 Å². The Hall–Kier alpha value is -0.920. The number of rotatable bonds is 2. The fourth-order valence-corrected chi connectivity index (χ4v) is 1.20. The van der Waals surface area contributed by atoms with Gasteiger partial charge in [-0.2, -0.15) is 0 Å². The second-order valence-electron chi connectivity index (χ2n) is 2.71. The molecular formula is C9H14O2.